The van der Waals surface area contributed by atoms with E-state index in [2.05, 4.69) is 6.92 Å². The number of rotatable bonds is 4. The van der Waals surface area contributed by atoms with Crippen LogP contribution in [0.5, 0.6) is 0 Å². The summed E-state index contributed by atoms with van der Waals surface area (Å²) < 4.78 is 5.23. The van der Waals surface area contributed by atoms with Crippen LogP contribution in [-0.2, 0) is 4.74 Å². The smallest absolute Gasteiger partial charge is 0.338 e. The summed E-state index contributed by atoms with van der Waals surface area (Å²) in [5.74, 6) is -0.285. The van der Waals surface area contributed by atoms with E-state index in [9.17, 15) is 4.79 Å². The van der Waals surface area contributed by atoms with Gasteiger partial charge in [0.1, 0.15) is 0 Å². The molecule has 1 aromatic rings. The molecule has 0 aliphatic rings. The number of hydrogen-bond acceptors (Lipinski definition) is 2. The van der Waals surface area contributed by atoms with Gasteiger partial charge in [0.25, 0.3) is 0 Å². The first-order chi connectivity index (χ1) is 7.13. The van der Waals surface area contributed by atoms with Crippen LogP contribution < -0.4 is 0 Å². The third-order valence-corrected chi connectivity index (χ3v) is 2.34. The highest BCUT2D eigenvalue weighted by atomic mass is 35.5. The molecule has 0 N–H and O–H groups in total. The van der Waals surface area contributed by atoms with Crippen molar-refractivity contribution in [1.82, 2.24) is 0 Å². The number of esters is 1. The van der Waals surface area contributed by atoms with Gasteiger partial charge in [-0.05, 0) is 37.6 Å². The molecule has 0 amide bonds. The lowest BCUT2D eigenvalue weighted by Crippen LogP contribution is -2.14. The Kier molecular flexibility index (Phi) is 4.63. The van der Waals surface area contributed by atoms with Gasteiger partial charge in [-0.3, -0.25) is 0 Å². The summed E-state index contributed by atoms with van der Waals surface area (Å²) >= 11 is 5.72. The predicted molar refractivity (Wildman–Crippen MR) is 61.2 cm³/mol. The first-order valence-corrected chi connectivity index (χ1v) is 5.47. The lowest BCUT2D eigenvalue weighted by atomic mass is 10.2. The van der Waals surface area contributed by atoms with Crippen molar-refractivity contribution < 1.29 is 9.53 Å². The van der Waals surface area contributed by atoms with Crippen LogP contribution in [0.1, 0.15) is 37.0 Å². The molecule has 1 atom stereocenters. The molecule has 82 valence electrons. The summed E-state index contributed by atoms with van der Waals surface area (Å²) in [5, 5.41) is 0.619. The minimum Gasteiger partial charge on any atom is -0.459 e. The van der Waals surface area contributed by atoms with Crippen LogP contribution >= 0.6 is 11.6 Å². The van der Waals surface area contributed by atoms with Gasteiger partial charge in [-0.15, -0.1) is 0 Å². The van der Waals surface area contributed by atoms with Gasteiger partial charge >= 0.3 is 5.97 Å². The molecule has 0 saturated carbocycles. The summed E-state index contributed by atoms with van der Waals surface area (Å²) in [6.45, 7) is 3.96. The van der Waals surface area contributed by atoms with E-state index in [1.165, 1.54) is 0 Å². The van der Waals surface area contributed by atoms with E-state index in [0.717, 1.165) is 12.8 Å². The van der Waals surface area contributed by atoms with Crippen LogP contribution in [0.3, 0.4) is 0 Å². The van der Waals surface area contributed by atoms with Gasteiger partial charge in [0.2, 0.25) is 0 Å². The Morgan fingerprint density at radius 2 is 2.00 bits per heavy atom. The fourth-order valence-corrected chi connectivity index (χ4v) is 1.43. The first-order valence-electron chi connectivity index (χ1n) is 5.10. The quantitative estimate of drug-likeness (QED) is 0.732. The second-order valence-electron chi connectivity index (χ2n) is 3.51. The zero-order valence-corrected chi connectivity index (χ0v) is 9.75. The van der Waals surface area contributed by atoms with Gasteiger partial charge in [-0.2, -0.15) is 0 Å². The minimum atomic E-state index is -0.285. The van der Waals surface area contributed by atoms with Crippen LogP contribution in [0.15, 0.2) is 24.3 Å². The summed E-state index contributed by atoms with van der Waals surface area (Å²) in [5.41, 5.74) is 0.544. The molecule has 0 aliphatic heterocycles. The third kappa shape index (κ3) is 3.92. The van der Waals surface area contributed by atoms with Crippen molar-refractivity contribution in [1.29, 1.82) is 0 Å². The molecule has 0 bridgehead atoms. The van der Waals surface area contributed by atoms with Crippen molar-refractivity contribution in [2.24, 2.45) is 0 Å². The Morgan fingerprint density at radius 3 is 2.53 bits per heavy atom. The lowest BCUT2D eigenvalue weighted by molar-refractivity contribution is 0.0323. The van der Waals surface area contributed by atoms with E-state index in [1.54, 1.807) is 24.3 Å². The molecule has 0 heterocycles. The maximum Gasteiger partial charge on any atom is 0.338 e. The molecule has 0 fully saturated rings. The summed E-state index contributed by atoms with van der Waals surface area (Å²) in [4.78, 5) is 11.6. The second-order valence-corrected chi connectivity index (χ2v) is 3.95. The van der Waals surface area contributed by atoms with Gasteiger partial charge in [0, 0.05) is 5.02 Å². The molecule has 15 heavy (non-hydrogen) atoms. The van der Waals surface area contributed by atoms with Crippen LogP contribution in [0.2, 0.25) is 5.02 Å². The van der Waals surface area contributed by atoms with Gasteiger partial charge in [-0.1, -0.05) is 24.9 Å². The van der Waals surface area contributed by atoms with Crippen LogP contribution in [-0.4, -0.2) is 12.1 Å². The predicted octanol–water partition coefficient (Wildman–Crippen LogP) is 3.69. The van der Waals surface area contributed by atoms with Crippen molar-refractivity contribution in [3.63, 3.8) is 0 Å². The summed E-state index contributed by atoms with van der Waals surface area (Å²) in [7, 11) is 0. The molecule has 3 heteroatoms. The molecule has 1 rings (SSSR count). The summed E-state index contributed by atoms with van der Waals surface area (Å²) in [6.07, 6.45) is 1.87. The van der Waals surface area contributed by atoms with Gasteiger partial charge in [0.05, 0.1) is 11.7 Å². The Labute approximate surface area is 95.2 Å². The third-order valence-electron chi connectivity index (χ3n) is 2.08. The average Bonchev–Trinajstić information content (AvgIpc) is 2.18. The van der Waals surface area contributed by atoms with E-state index in [0.29, 0.717) is 10.6 Å². The number of halogens is 1. The van der Waals surface area contributed by atoms with Crippen LogP contribution in [0.25, 0.3) is 0 Å². The highest BCUT2D eigenvalue weighted by Gasteiger charge is 2.10. The van der Waals surface area contributed by atoms with E-state index in [1.807, 2.05) is 6.92 Å². The standard InChI is InChI=1S/C12H15ClO2/c1-3-4-9(2)15-12(14)10-5-7-11(13)8-6-10/h5-9H,3-4H2,1-2H3. The van der Waals surface area contributed by atoms with Crippen LogP contribution in [0.4, 0.5) is 0 Å². The minimum absolute atomic E-state index is 0.0295. The zero-order chi connectivity index (χ0) is 11.3. The molecular formula is C12H15ClO2. The molecule has 0 radical (unpaired) electrons. The first kappa shape index (κ1) is 12.1. The van der Waals surface area contributed by atoms with E-state index in [-0.39, 0.29) is 12.1 Å². The highest BCUT2D eigenvalue weighted by Crippen LogP contribution is 2.12. The summed E-state index contributed by atoms with van der Waals surface area (Å²) in [6, 6.07) is 6.71. The Bertz CT molecular complexity index is 319. The molecule has 2 nitrogen and oxygen atoms in total. The average molecular weight is 227 g/mol. The number of carbonyl (C=O) groups excluding carboxylic acids is 1. The second kappa shape index (κ2) is 5.76. The molecule has 0 saturated heterocycles. The SMILES string of the molecule is CCCC(C)OC(=O)c1ccc(Cl)cc1. The maximum atomic E-state index is 11.6. The number of hydrogen-bond donors (Lipinski definition) is 0. The van der Waals surface area contributed by atoms with Crippen molar-refractivity contribution in [2.75, 3.05) is 0 Å². The number of carbonyl (C=O) groups is 1. The molecule has 1 unspecified atom stereocenters. The normalized spacial score (nSPS) is 12.2. The Hall–Kier alpha value is -1.02. The van der Waals surface area contributed by atoms with Gasteiger partial charge < -0.3 is 4.74 Å². The maximum absolute atomic E-state index is 11.6. The molecule has 0 aromatic heterocycles. The number of ether oxygens (including phenoxy) is 1. The van der Waals surface area contributed by atoms with E-state index >= 15 is 0 Å². The Morgan fingerprint density at radius 1 is 1.40 bits per heavy atom. The molecule has 1 aromatic carbocycles. The van der Waals surface area contributed by atoms with E-state index in [4.69, 9.17) is 16.3 Å². The number of benzene rings is 1. The van der Waals surface area contributed by atoms with Gasteiger partial charge in [0.15, 0.2) is 0 Å². The monoisotopic (exact) mass is 226 g/mol. The van der Waals surface area contributed by atoms with E-state index < -0.39 is 0 Å². The van der Waals surface area contributed by atoms with Crippen molar-refractivity contribution in [2.45, 2.75) is 32.8 Å². The largest absolute Gasteiger partial charge is 0.459 e. The molecule has 0 spiro atoms. The van der Waals surface area contributed by atoms with Crippen molar-refractivity contribution in [3.8, 4) is 0 Å². The Balaban J connectivity index is 2.57. The molecular weight excluding hydrogens is 212 g/mol. The van der Waals surface area contributed by atoms with Crippen molar-refractivity contribution in [3.05, 3.63) is 34.9 Å². The lowest BCUT2D eigenvalue weighted by Gasteiger charge is -2.11. The van der Waals surface area contributed by atoms with Gasteiger partial charge in [-0.25, -0.2) is 4.79 Å². The zero-order valence-electron chi connectivity index (χ0n) is 9.00. The fraction of sp³-hybridized carbons (Fsp3) is 0.417. The molecule has 0 aliphatic carbocycles. The topological polar surface area (TPSA) is 26.3 Å². The fourth-order valence-electron chi connectivity index (χ4n) is 1.30. The van der Waals surface area contributed by atoms with Crippen molar-refractivity contribution >= 4 is 17.6 Å². The highest BCUT2D eigenvalue weighted by molar-refractivity contribution is 6.30. The van der Waals surface area contributed by atoms with Crippen LogP contribution in [0, 0.1) is 0 Å².